The first-order valence-electron chi connectivity index (χ1n) is 10.3. The molecule has 3 rings (SSSR count). The monoisotopic (exact) mass is 506 g/mol. The van der Waals surface area contributed by atoms with Gasteiger partial charge in [0.05, 0.1) is 12.2 Å². The molecule has 1 aliphatic rings. The lowest BCUT2D eigenvalue weighted by atomic mass is 10.1. The average molecular weight is 507 g/mol. The molecule has 186 valence electrons. The summed E-state index contributed by atoms with van der Waals surface area (Å²) in [5.74, 6) is 3.04. The fourth-order valence-electron chi connectivity index (χ4n) is 3.43. The Kier molecular flexibility index (Phi) is 7.30. The summed E-state index contributed by atoms with van der Waals surface area (Å²) in [7, 11) is -3.89. The molecule has 0 saturated carbocycles. The molecule has 3 amide bonds. The maximum Gasteiger partial charge on any atom is 0.328 e. The number of sulfone groups is 1. The van der Waals surface area contributed by atoms with Crippen LogP contribution in [0.5, 0.6) is 0 Å². The van der Waals surface area contributed by atoms with Gasteiger partial charge in [-0.2, -0.15) is 0 Å². The summed E-state index contributed by atoms with van der Waals surface area (Å²) in [6, 6.07) is 5.16. The molecule has 0 aliphatic carbocycles. The number of rotatable bonds is 7. The highest BCUT2D eigenvalue weighted by Gasteiger charge is 2.44. The summed E-state index contributed by atoms with van der Waals surface area (Å²) >= 11 is 0. The Morgan fingerprint density at radius 1 is 1.23 bits per heavy atom. The van der Waals surface area contributed by atoms with Crippen molar-refractivity contribution < 1.29 is 37.5 Å². The van der Waals surface area contributed by atoms with E-state index in [2.05, 4.69) is 17.2 Å². The number of nitrogens with one attached hydrogen (secondary N) is 2. The number of carbonyl (C=O) groups excluding carboxylic acids is 3. The van der Waals surface area contributed by atoms with Gasteiger partial charge in [-0.25, -0.2) is 23.1 Å². The third-order valence-corrected chi connectivity index (χ3v) is 7.75. The van der Waals surface area contributed by atoms with Gasteiger partial charge in [0.15, 0.2) is 14.6 Å². The van der Waals surface area contributed by atoms with Gasteiger partial charge in [-0.1, -0.05) is 11.8 Å². The van der Waals surface area contributed by atoms with Crippen molar-refractivity contribution in [3.8, 4) is 11.8 Å². The van der Waals surface area contributed by atoms with Crippen molar-refractivity contribution in [2.75, 3.05) is 24.7 Å². The van der Waals surface area contributed by atoms with Gasteiger partial charge in [0.2, 0.25) is 5.91 Å². The summed E-state index contributed by atoms with van der Waals surface area (Å²) in [5, 5.41) is 19.9. The first-order valence-corrected chi connectivity index (χ1v) is 12.2. The van der Waals surface area contributed by atoms with Gasteiger partial charge in [-0.3, -0.25) is 19.4 Å². The van der Waals surface area contributed by atoms with E-state index in [0.717, 1.165) is 12.3 Å². The molecular weight excluding hydrogens is 483 g/mol. The zero-order valence-electron chi connectivity index (χ0n) is 18.8. The quantitative estimate of drug-likeness (QED) is 0.241. The minimum atomic E-state index is -3.89. The number of anilines is 1. The molecule has 0 spiro atoms. The van der Waals surface area contributed by atoms with E-state index in [4.69, 9.17) is 10.3 Å². The lowest BCUT2D eigenvalue weighted by Crippen LogP contribution is -2.50. The lowest BCUT2D eigenvalue weighted by Gasteiger charge is -2.27. The van der Waals surface area contributed by atoms with Crippen LogP contribution >= 0.6 is 0 Å². The molecular formula is C22H23FN4O7S. The van der Waals surface area contributed by atoms with Crippen molar-refractivity contribution in [2.24, 2.45) is 0 Å². The Labute approximate surface area is 200 Å². The fraction of sp³-hybridized carbons (Fsp3) is 0.318. The number of amides is 3. The number of aliphatic hydroxyl groups is 1. The third kappa shape index (κ3) is 5.35. The van der Waals surface area contributed by atoms with Gasteiger partial charge < -0.3 is 15.3 Å². The first kappa shape index (κ1) is 25.9. The van der Waals surface area contributed by atoms with Gasteiger partial charge in [-0.05, 0) is 37.6 Å². The molecule has 1 aromatic heterocycles. The van der Waals surface area contributed by atoms with Crippen LogP contribution in [0.15, 0.2) is 30.5 Å². The van der Waals surface area contributed by atoms with Crippen LogP contribution in [0.3, 0.4) is 0 Å². The Morgan fingerprint density at radius 3 is 2.49 bits per heavy atom. The lowest BCUT2D eigenvalue weighted by molar-refractivity contribution is -0.131. The van der Waals surface area contributed by atoms with E-state index in [1.54, 1.807) is 6.07 Å². The molecule has 0 fully saturated rings. The van der Waals surface area contributed by atoms with Crippen LogP contribution in [0, 0.1) is 17.7 Å². The van der Waals surface area contributed by atoms with Crippen molar-refractivity contribution in [1.29, 1.82) is 0 Å². The molecule has 2 heterocycles. The number of nitrogens with zero attached hydrogens (tertiary/aromatic N) is 2. The van der Waals surface area contributed by atoms with Crippen LogP contribution in [-0.2, 0) is 26.0 Å². The smallest absolute Gasteiger partial charge is 0.328 e. The van der Waals surface area contributed by atoms with E-state index < -0.39 is 44.9 Å². The Morgan fingerprint density at radius 2 is 1.91 bits per heavy atom. The Hall–Kier alpha value is -3.73. The molecule has 35 heavy (non-hydrogen) atoms. The Bertz CT molecular complexity index is 1360. The molecule has 1 aliphatic heterocycles. The SMILES string of the molecule is CC(CCN1Cc2cc(C#Cc3ccc(NC(=O)CO)c(F)c3)cn2C1=O)(C(=O)NO)S(C)(=O)=O. The number of halogens is 1. The van der Waals surface area contributed by atoms with Crippen LogP contribution in [0.4, 0.5) is 14.9 Å². The van der Waals surface area contributed by atoms with Gasteiger partial charge >= 0.3 is 6.03 Å². The highest BCUT2D eigenvalue weighted by atomic mass is 32.2. The normalized spacial score (nSPS) is 14.5. The van der Waals surface area contributed by atoms with Gasteiger partial charge in [-0.15, -0.1) is 0 Å². The predicted octanol–water partition coefficient (Wildman–Crippen LogP) is 0.440. The molecule has 0 radical (unpaired) electrons. The second-order valence-corrected chi connectivity index (χ2v) is 10.6. The van der Waals surface area contributed by atoms with Crippen LogP contribution in [0.25, 0.3) is 0 Å². The standard InChI is InChI=1S/C22H23FN4O7S/c1-22(20(30)25-32,35(2,33)34)7-8-26-12-16-9-15(11-27(16)21(26)31)4-3-14-5-6-18(17(23)10-14)24-19(29)13-28/h5-6,9-11,28,32H,7-8,12-13H2,1-2H3,(H,24,29)(H,25,30). The molecule has 1 unspecified atom stereocenters. The van der Waals surface area contributed by atoms with E-state index >= 15 is 0 Å². The molecule has 0 bridgehead atoms. The summed E-state index contributed by atoms with van der Waals surface area (Å²) in [4.78, 5) is 37.2. The zero-order valence-corrected chi connectivity index (χ0v) is 19.6. The summed E-state index contributed by atoms with van der Waals surface area (Å²) in [6.07, 6.45) is 2.15. The Balaban J connectivity index is 1.70. The minimum Gasteiger partial charge on any atom is -0.387 e. The largest absolute Gasteiger partial charge is 0.387 e. The van der Waals surface area contributed by atoms with Crippen LogP contribution in [0.2, 0.25) is 0 Å². The number of benzene rings is 1. The zero-order chi connectivity index (χ0) is 26.0. The number of aromatic nitrogens is 1. The molecule has 0 saturated heterocycles. The number of hydrogen-bond donors (Lipinski definition) is 4. The molecule has 13 heteroatoms. The third-order valence-electron chi connectivity index (χ3n) is 5.73. The highest BCUT2D eigenvalue weighted by Crippen LogP contribution is 2.25. The topological polar surface area (TPSA) is 158 Å². The number of hydrogen-bond acceptors (Lipinski definition) is 7. The first-order chi connectivity index (χ1) is 16.4. The number of hydroxylamine groups is 1. The van der Waals surface area contributed by atoms with Crippen molar-refractivity contribution in [2.45, 2.75) is 24.6 Å². The number of aliphatic hydroxyl groups excluding tert-OH is 1. The predicted molar refractivity (Wildman–Crippen MR) is 122 cm³/mol. The van der Waals surface area contributed by atoms with Crippen molar-refractivity contribution in [3.05, 3.63) is 53.1 Å². The van der Waals surface area contributed by atoms with Crippen LogP contribution < -0.4 is 10.8 Å². The second-order valence-electron chi connectivity index (χ2n) is 8.14. The molecule has 2 aromatic rings. The van der Waals surface area contributed by atoms with E-state index in [1.165, 1.54) is 40.2 Å². The van der Waals surface area contributed by atoms with Gasteiger partial charge in [0.25, 0.3) is 5.91 Å². The summed E-state index contributed by atoms with van der Waals surface area (Å²) in [6.45, 7) is 0.524. The van der Waals surface area contributed by atoms with Crippen LogP contribution in [-0.4, -0.2) is 70.2 Å². The number of fused-ring (bicyclic) bond motifs is 1. The fourth-order valence-corrected chi connectivity index (χ4v) is 4.27. The van der Waals surface area contributed by atoms with E-state index in [1.807, 2.05) is 0 Å². The average Bonchev–Trinajstić information content (AvgIpc) is 3.34. The minimum absolute atomic E-state index is 0.0447. The summed E-state index contributed by atoms with van der Waals surface area (Å²) in [5.41, 5.74) is 2.69. The summed E-state index contributed by atoms with van der Waals surface area (Å²) < 4.78 is 37.7. The van der Waals surface area contributed by atoms with E-state index in [9.17, 15) is 27.2 Å². The maximum atomic E-state index is 14.1. The van der Waals surface area contributed by atoms with Crippen molar-refractivity contribution in [1.82, 2.24) is 14.9 Å². The molecule has 4 N–H and O–H groups in total. The molecule has 1 aromatic carbocycles. The highest BCUT2D eigenvalue weighted by molar-refractivity contribution is 7.92. The second kappa shape index (κ2) is 9.87. The van der Waals surface area contributed by atoms with Crippen molar-refractivity contribution in [3.63, 3.8) is 0 Å². The maximum absolute atomic E-state index is 14.1. The number of carbonyl (C=O) groups is 3. The van der Waals surface area contributed by atoms with Crippen molar-refractivity contribution >= 4 is 33.4 Å². The van der Waals surface area contributed by atoms with Crippen LogP contribution in [0.1, 0.15) is 30.2 Å². The van der Waals surface area contributed by atoms with Gasteiger partial charge in [0.1, 0.15) is 12.4 Å². The van der Waals surface area contributed by atoms with E-state index in [-0.39, 0.29) is 25.2 Å². The molecule has 11 nitrogen and oxygen atoms in total. The van der Waals surface area contributed by atoms with E-state index in [0.29, 0.717) is 16.8 Å². The van der Waals surface area contributed by atoms with Gasteiger partial charge in [0, 0.05) is 35.8 Å². The molecule has 1 atom stereocenters.